The second kappa shape index (κ2) is 7.23. The fraction of sp³-hybridized carbons (Fsp3) is 0.450. The van der Waals surface area contributed by atoms with Gasteiger partial charge in [0.1, 0.15) is 11.9 Å². The van der Waals surface area contributed by atoms with Crippen molar-refractivity contribution in [3.05, 3.63) is 40.5 Å². The summed E-state index contributed by atoms with van der Waals surface area (Å²) in [5.41, 5.74) is 3.26. The van der Waals surface area contributed by atoms with Crippen LogP contribution in [0.15, 0.2) is 24.3 Å². The van der Waals surface area contributed by atoms with Crippen LogP contribution in [0.3, 0.4) is 0 Å². The number of likely N-dealkylation sites (N-methyl/N-ethyl adjacent to an activating group) is 1. The van der Waals surface area contributed by atoms with Crippen LogP contribution in [0.2, 0.25) is 5.02 Å². The number of nitrogens with one attached hydrogen (secondary N) is 1. The normalized spacial score (nSPS) is 19.3. The summed E-state index contributed by atoms with van der Waals surface area (Å²) in [5, 5.41) is 3.47. The Morgan fingerprint density at radius 2 is 2.08 bits per heavy atom. The molecule has 136 valence electrons. The Hall–Kier alpha value is -2.14. The van der Waals surface area contributed by atoms with Crippen molar-refractivity contribution in [3.8, 4) is 11.4 Å². The first kappa shape index (κ1) is 17.3. The third kappa shape index (κ3) is 3.16. The summed E-state index contributed by atoms with van der Waals surface area (Å²) in [6.45, 7) is 0.858. The average molecular weight is 371 g/mol. The van der Waals surface area contributed by atoms with Crippen molar-refractivity contribution in [2.45, 2.75) is 44.6 Å². The summed E-state index contributed by atoms with van der Waals surface area (Å²) in [5.74, 6) is 1.71. The molecule has 1 aromatic carbocycles. The molecule has 1 aliphatic carbocycles. The minimum absolute atomic E-state index is 0.0648. The molecule has 1 fully saturated rings. The van der Waals surface area contributed by atoms with Crippen molar-refractivity contribution in [2.24, 2.45) is 0 Å². The highest BCUT2D eigenvalue weighted by atomic mass is 35.5. The number of anilines is 1. The van der Waals surface area contributed by atoms with E-state index >= 15 is 0 Å². The van der Waals surface area contributed by atoms with Gasteiger partial charge in [0.05, 0.1) is 0 Å². The van der Waals surface area contributed by atoms with Crippen LogP contribution in [0.25, 0.3) is 11.4 Å². The van der Waals surface area contributed by atoms with Gasteiger partial charge in [-0.05, 0) is 50.7 Å². The first-order chi connectivity index (χ1) is 12.7. The van der Waals surface area contributed by atoms with Crippen molar-refractivity contribution in [1.82, 2.24) is 15.3 Å². The Morgan fingerprint density at radius 3 is 2.88 bits per heavy atom. The van der Waals surface area contributed by atoms with E-state index in [9.17, 15) is 4.79 Å². The molecule has 0 bridgehead atoms. The molecule has 26 heavy (non-hydrogen) atoms. The number of nitrogens with zero attached hydrogens (tertiary/aromatic N) is 3. The predicted octanol–water partition coefficient (Wildman–Crippen LogP) is 3.39. The van der Waals surface area contributed by atoms with Crippen LogP contribution in [0.4, 0.5) is 5.82 Å². The van der Waals surface area contributed by atoms with Crippen molar-refractivity contribution < 1.29 is 4.79 Å². The zero-order chi connectivity index (χ0) is 18.1. The Bertz CT molecular complexity index is 839. The maximum absolute atomic E-state index is 12.4. The number of rotatable bonds is 3. The molecule has 1 amide bonds. The molecule has 1 aliphatic heterocycles. The number of carbonyl (C=O) groups excluding carboxylic acids is 1. The van der Waals surface area contributed by atoms with Gasteiger partial charge in [-0.1, -0.05) is 23.7 Å². The van der Waals surface area contributed by atoms with Gasteiger partial charge < -0.3 is 10.2 Å². The molecule has 2 heterocycles. The number of carbonyl (C=O) groups is 1. The Labute approximate surface area is 158 Å². The van der Waals surface area contributed by atoms with Gasteiger partial charge in [0.15, 0.2) is 5.82 Å². The van der Waals surface area contributed by atoms with Crippen LogP contribution in [0, 0.1) is 0 Å². The fourth-order valence-corrected chi connectivity index (χ4v) is 4.22. The van der Waals surface area contributed by atoms with Gasteiger partial charge in [0.25, 0.3) is 0 Å². The molecule has 1 N–H and O–H groups in total. The summed E-state index contributed by atoms with van der Waals surface area (Å²) in [7, 11) is 1.70. The molecule has 1 unspecified atom stereocenters. The van der Waals surface area contributed by atoms with E-state index in [1.165, 1.54) is 5.56 Å². The molecule has 4 rings (SSSR count). The lowest BCUT2D eigenvalue weighted by molar-refractivity contribution is -0.121. The third-order valence-electron chi connectivity index (χ3n) is 5.32. The van der Waals surface area contributed by atoms with E-state index < -0.39 is 0 Å². The van der Waals surface area contributed by atoms with Crippen molar-refractivity contribution in [2.75, 3.05) is 18.5 Å². The van der Waals surface area contributed by atoms with Crippen LogP contribution in [0.1, 0.15) is 36.9 Å². The zero-order valence-electron chi connectivity index (χ0n) is 15.0. The number of aryl methyl sites for hydroxylation is 1. The molecular formula is C20H23ClN4O. The Balaban J connectivity index is 1.82. The first-order valence-corrected chi connectivity index (χ1v) is 9.69. The second-order valence-corrected chi connectivity index (χ2v) is 7.42. The Kier molecular flexibility index (Phi) is 4.81. The van der Waals surface area contributed by atoms with Gasteiger partial charge in [-0.2, -0.15) is 0 Å². The van der Waals surface area contributed by atoms with Gasteiger partial charge in [0.2, 0.25) is 5.91 Å². The van der Waals surface area contributed by atoms with Crippen LogP contribution in [0.5, 0.6) is 0 Å². The number of aromatic nitrogens is 2. The Morgan fingerprint density at radius 1 is 1.23 bits per heavy atom. The molecule has 5 nitrogen and oxygen atoms in total. The molecule has 2 aromatic rings. The smallest absolute Gasteiger partial charge is 0.242 e. The molecule has 1 aromatic heterocycles. The van der Waals surface area contributed by atoms with Gasteiger partial charge in [-0.25, -0.2) is 9.97 Å². The summed E-state index contributed by atoms with van der Waals surface area (Å²) >= 11 is 6.17. The number of benzene rings is 1. The molecule has 6 heteroatoms. The van der Waals surface area contributed by atoms with Gasteiger partial charge in [-0.15, -0.1) is 0 Å². The fourth-order valence-electron chi connectivity index (χ4n) is 4.03. The van der Waals surface area contributed by atoms with E-state index in [1.807, 2.05) is 24.3 Å². The second-order valence-electron chi connectivity index (χ2n) is 6.98. The maximum atomic E-state index is 12.4. The van der Waals surface area contributed by atoms with Crippen molar-refractivity contribution >= 4 is 23.3 Å². The van der Waals surface area contributed by atoms with E-state index in [-0.39, 0.29) is 11.9 Å². The standard InChI is InChI=1S/C20H23ClN4O/c1-22-20(26)17-10-5-11-25(17)19-15-8-2-3-9-16(15)23-18(24-19)13-6-4-7-14(21)12-13/h4,6-7,12,17H,2-3,5,8-11H2,1H3,(H,22,26). The number of hydrogen-bond donors (Lipinski definition) is 1. The first-order valence-electron chi connectivity index (χ1n) is 9.31. The third-order valence-corrected chi connectivity index (χ3v) is 5.55. The number of amides is 1. The van der Waals surface area contributed by atoms with E-state index in [0.717, 1.165) is 62.1 Å². The summed E-state index contributed by atoms with van der Waals surface area (Å²) in [4.78, 5) is 24.3. The van der Waals surface area contributed by atoms with Crippen LogP contribution < -0.4 is 10.2 Å². The number of halogens is 1. The maximum Gasteiger partial charge on any atom is 0.242 e. The van der Waals surface area contributed by atoms with E-state index in [0.29, 0.717) is 10.8 Å². The summed E-state index contributed by atoms with van der Waals surface area (Å²) < 4.78 is 0. The predicted molar refractivity (Wildman–Crippen MR) is 104 cm³/mol. The van der Waals surface area contributed by atoms with Crippen molar-refractivity contribution in [1.29, 1.82) is 0 Å². The van der Waals surface area contributed by atoms with Gasteiger partial charge in [-0.3, -0.25) is 4.79 Å². The molecule has 1 atom stereocenters. The lowest BCUT2D eigenvalue weighted by atomic mass is 9.95. The number of fused-ring (bicyclic) bond motifs is 1. The van der Waals surface area contributed by atoms with Crippen LogP contribution >= 0.6 is 11.6 Å². The van der Waals surface area contributed by atoms with E-state index in [2.05, 4.69) is 10.2 Å². The van der Waals surface area contributed by atoms with E-state index in [4.69, 9.17) is 21.6 Å². The quantitative estimate of drug-likeness (QED) is 0.899. The molecular weight excluding hydrogens is 348 g/mol. The summed E-state index contributed by atoms with van der Waals surface area (Å²) in [6, 6.07) is 7.51. The summed E-state index contributed by atoms with van der Waals surface area (Å²) in [6.07, 6.45) is 6.12. The SMILES string of the molecule is CNC(=O)C1CCCN1c1nc(-c2cccc(Cl)c2)nc2c1CCCC2. The zero-order valence-corrected chi connectivity index (χ0v) is 15.7. The minimum atomic E-state index is -0.145. The highest BCUT2D eigenvalue weighted by molar-refractivity contribution is 6.30. The lowest BCUT2D eigenvalue weighted by Crippen LogP contribution is -2.43. The molecule has 0 radical (unpaired) electrons. The lowest BCUT2D eigenvalue weighted by Gasteiger charge is -2.29. The van der Waals surface area contributed by atoms with Gasteiger partial charge in [0, 0.05) is 35.4 Å². The average Bonchev–Trinajstić information content (AvgIpc) is 3.16. The molecule has 0 saturated carbocycles. The van der Waals surface area contributed by atoms with Gasteiger partial charge >= 0.3 is 0 Å². The monoisotopic (exact) mass is 370 g/mol. The highest BCUT2D eigenvalue weighted by Crippen LogP contribution is 2.34. The molecule has 2 aliphatic rings. The largest absolute Gasteiger partial charge is 0.357 e. The topological polar surface area (TPSA) is 58.1 Å². The molecule has 0 spiro atoms. The van der Waals surface area contributed by atoms with Crippen LogP contribution in [-0.2, 0) is 17.6 Å². The van der Waals surface area contributed by atoms with Crippen molar-refractivity contribution in [3.63, 3.8) is 0 Å². The van der Waals surface area contributed by atoms with Crippen LogP contribution in [-0.4, -0.2) is 35.5 Å². The highest BCUT2D eigenvalue weighted by Gasteiger charge is 2.34. The molecule has 1 saturated heterocycles. The minimum Gasteiger partial charge on any atom is -0.357 e. The van der Waals surface area contributed by atoms with E-state index in [1.54, 1.807) is 7.05 Å². The number of hydrogen-bond acceptors (Lipinski definition) is 4.